The van der Waals surface area contributed by atoms with Crippen molar-refractivity contribution in [3.05, 3.63) is 47.4 Å². The van der Waals surface area contributed by atoms with Gasteiger partial charge in [-0.3, -0.25) is 9.78 Å². The van der Waals surface area contributed by atoms with Crippen LogP contribution >= 0.6 is 11.6 Å². The van der Waals surface area contributed by atoms with Crippen molar-refractivity contribution < 1.29 is 4.79 Å². The lowest BCUT2D eigenvalue weighted by Crippen LogP contribution is -2.15. The molecule has 2 aromatic heterocycles. The summed E-state index contributed by atoms with van der Waals surface area (Å²) in [5, 5.41) is 5.83. The van der Waals surface area contributed by atoms with Crippen LogP contribution in [-0.4, -0.2) is 22.9 Å². The molecule has 0 spiro atoms. The highest BCUT2D eigenvalue weighted by Gasteiger charge is 2.13. The molecule has 0 aliphatic heterocycles. The Labute approximate surface area is 109 Å². The fourth-order valence-corrected chi connectivity index (χ4v) is 1.56. The van der Waals surface area contributed by atoms with Crippen molar-refractivity contribution in [1.29, 1.82) is 0 Å². The van der Waals surface area contributed by atoms with Gasteiger partial charge in [-0.05, 0) is 24.3 Å². The van der Waals surface area contributed by atoms with Crippen LogP contribution in [-0.2, 0) is 0 Å². The molecule has 0 aliphatic rings. The topological polar surface area (TPSA) is 66.9 Å². The van der Waals surface area contributed by atoms with Crippen molar-refractivity contribution in [2.45, 2.75) is 0 Å². The Hall–Kier alpha value is -2.14. The van der Waals surface area contributed by atoms with E-state index in [0.717, 1.165) is 0 Å². The lowest BCUT2D eigenvalue weighted by Gasteiger charge is -2.07. The second-order valence-electron chi connectivity index (χ2n) is 3.47. The molecule has 0 saturated heterocycles. The Morgan fingerprint density at radius 1 is 1.33 bits per heavy atom. The summed E-state index contributed by atoms with van der Waals surface area (Å²) in [4.78, 5) is 20.0. The largest absolute Gasteiger partial charge is 0.373 e. The van der Waals surface area contributed by atoms with Gasteiger partial charge in [-0.1, -0.05) is 11.6 Å². The molecule has 0 fully saturated rings. The molecule has 0 saturated carbocycles. The average Bonchev–Trinajstić information content (AvgIpc) is 2.40. The van der Waals surface area contributed by atoms with E-state index >= 15 is 0 Å². The number of rotatable bonds is 3. The van der Waals surface area contributed by atoms with Crippen LogP contribution in [0.4, 0.5) is 11.5 Å². The van der Waals surface area contributed by atoms with Gasteiger partial charge in [-0.25, -0.2) is 4.98 Å². The van der Waals surface area contributed by atoms with Gasteiger partial charge >= 0.3 is 0 Å². The maximum absolute atomic E-state index is 12.0. The van der Waals surface area contributed by atoms with Crippen molar-refractivity contribution in [3.63, 3.8) is 0 Å². The minimum atomic E-state index is -0.370. The molecule has 92 valence electrons. The van der Waals surface area contributed by atoms with Crippen LogP contribution in [0.2, 0.25) is 5.02 Å². The number of hydrogen-bond donors (Lipinski definition) is 2. The third kappa shape index (κ3) is 2.75. The lowest BCUT2D eigenvalue weighted by molar-refractivity contribution is 0.102. The summed E-state index contributed by atoms with van der Waals surface area (Å²) in [6.45, 7) is 0. The molecule has 1 amide bonds. The molecular formula is C12H11ClN4O. The number of halogens is 1. The summed E-state index contributed by atoms with van der Waals surface area (Å²) < 4.78 is 0. The minimum absolute atomic E-state index is 0.173. The van der Waals surface area contributed by atoms with E-state index in [9.17, 15) is 4.79 Å². The molecule has 0 aliphatic carbocycles. The second kappa shape index (κ2) is 5.46. The summed E-state index contributed by atoms with van der Waals surface area (Å²) in [6, 6.07) is 6.79. The molecule has 2 rings (SSSR count). The van der Waals surface area contributed by atoms with Gasteiger partial charge in [0.2, 0.25) is 0 Å². The van der Waals surface area contributed by atoms with Crippen molar-refractivity contribution >= 4 is 29.0 Å². The molecule has 2 aromatic rings. The highest BCUT2D eigenvalue weighted by atomic mass is 35.5. The summed E-state index contributed by atoms with van der Waals surface area (Å²) in [6.07, 6.45) is 3.18. The number of aromatic nitrogens is 2. The van der Waals surface area contributed by atoms with E-state index in [2.05, 4.69) is 20.6 Å². The van der Waals surface area contributed by atoms with Gasteiger partial charge in [-0.15, -0.1) is 0 Å². The first kappa shape index (κ1) is 12.3. The number of carbonyl (C=O) groups is 1. The summed E-state index contributed by atoms with van der Waals surface area (Å²) in [5.41, 5.74) is 0.766. The second-order valence-corrected chi connectivity index (χ2v) is 3.88. The number of amides is 1. The lowest BCUT2D eigenvalue weighted by atomic mass is 10.3. The van der Waals surface area contributed by atoms with Crippen molar-refractivity contribution in [2.75, 3.05) is 17.7 Å². The third-order valence-electron chi connectivity index (χ3n) is 2.24. The zero-order chi connectivity index (χ0) is 13.0. The van der Waals surface area contributed by atoms with E-state index in [-0.39, 0.29) is 11.6 Å². The van der Waals surface area contributed by atoms with Gasteiger partial charge in [0.15, 0.2) is 0 Å². The first-order valence-corrected chi connectivity index (χ1v) is 5.64. The molecule has 5 nitrogen and oxygen atoms in total. The van der Waals surface area contributed by atoms with E-state index in [4.69, 9.17) is 11.6 Å². The minimum Gasteiger partial charge on any atom is -0.373 e. The molecule has 0 atom stereocenters. The maximum Gasteiger partial charge on any atom is 0.275 e. The predicted molar refractivity (Wildman–Crippen MR) is 71.0 cm³/mol. The summed E-state index contributed by atoms with van der Waals surface area (Å²) >= 11 is 5.95. The smallest absolute Gasteiger partial charge is 0.275 e. The molecule has 2 N–H and O–H groups in total. The molecule has 6 heteroatoms. The predicted octanol–water partition coefficient (Wildman–Crippen LogP) is 2.42. The Morgan fingerprint density at radius 3 is 2.83 bits per heavy atom. The fourth-order valence-electron chi connectivity index (χ4n) is 1.37. The normalized spacial score (nSPS) is 9.89. The quantitative estimate of drug-likeness (QED) is 0.892. The number of pyridine rings is 2. The number of carbonyl (C=O) groups excluding carboxylic acids is 1. The number of anilines is 2. The van der Waals surface area contributed by atoms with Crippen LogP contribution < -0.4 is 10.6 Å². The standard InChI is InChI=1S/C12H11ClN4O/c1-14-10-5-4-9(13)11(17-10)12(18)16-8-3-2-6-15-7-8/h2-7H,1H3,(H,14,17)(H,16,18). The first-order valence-electron chi connectivity index (χ1n) is 5.26. The summed E-state index contributed by atoms with van der Waals surface area (Å²) in [7, 11) is 1.72. The highest BCUT2D eigenvalue weighted by Crippen LogP contribution is 2.17. The van der Waals surface area contributed by atoms with Crippen LogP contribution in [0, 0.1) is 0 Å². The molecular weight excluding hydrogens is 252 g/mol. The zero-order valence-electron chi connectivity index (χ0n) is 9.64. The molecule has 0 unspecified atom stereocenters. The van der Waals surface area contributed by atoms with Gasteiger partial charge in [-0.2, -0.15) is 0 Å². The Bertz CT molecular complexity index is 559. The van der Waals surface area contributed by atoms with Crippen LogP contribution in [0.15, 0.2) is 36.7 Å². The molecule has 2 heterocycles. The number of nitrogens with zero attached hydrogens (tertiary/aromatic N) is 2. The van der Waals surface area contributed by atoms with E-state index in [0.29, 0.717) is 16.5 Å². The maximum atomic E-state index is 12.0. The van der Waals surface area contributed by atoms with Gasteiger partial charge < -0.3 is 10.6 Å². The Kier molecular flexibility index (Phi) is 3.74. The third-order valence-corrected chi connectivity index (χ3v) is 2.54. The molecule has 0 radical (unpaired) electrons. The fraction of sp³-hybridized carbons (Fsp3) is 0.0833. The van der Waals surface area contributed by atoms with Crippen LogP contribution in [0.1, 0.15) is 10.5 Å². The molecule has 18 heavy (non-hydrogen) atoms. The van der Waals surface area contributed by atoms with Crippen LogP contribution in [0.5, 0.6) is 0 Å². The van der Waals surface area contributed by atoms with E-state index in [1.807, 2.05) is 0 Å². The molecule has 0 bridgehead atoms. The number of hydrogen-bond acceptors (Lipinski definition) is 4. The van der Waals surface area contributed by atoms with Gasteiger partial charge in [0.05, 0.1) is 16.9 Å². The Balaban J connectivity index is 2.23. The number of nitrogens with one attached hydrogen (secondary N) is 2. The van der Waals surface area contributed by atoms with Gasteiger partial charge in [0.1, 0.15) is 11.5 Å². The van der Waals surface area contributed by atoms with Crippen LogP contribution in [0.25, 0.3) is 0 Å². The molecule has 0 aromatic carbocycles. The highest BCUT2D eigenvalue weighted by molar-refractivity contribution is 6.34. The average molecular weight is 263 g/mol. The van der Waals surface area contributed by atoms with Crippen LogP contribution in [0.3, 0.4) is 0 Å². The Morgan fingerprint density at radius 2 is 2.17 bits per heavy atom. The van der Waals surface area contributed by atoms with E-state index in [1.54, 1.807) is 43.7 Å². The van der Waals surface area contributed by atoms with Gasteiger partial charge in [0.25, 0.3) is 5.91 Å². The van der Waals surface area contributed by atoms with Crippen molar-refractivity contribution in [3.8, 4) is 0 Å². The van der Waals surface area contributed by atoms with E-state index < -0.39 is 0 Å². The SMILES string of the molecule is CNc1ccc(Cl)c(C(=O)Nc2cccnc2)n1. The monoisotopic (exact) mass is 262 g/mol. The zero-order valence-corrected chi connectivity index (χ0v) is 10.4. The summed E-state index contributed by atoms with van der Waals surface area (Å²) in [5.74, 6) is 0.209. The van der Waals surface area contributed by atoms with Gasteiger partial charge in [0, 0.05) is 13.2 Å². The van der Waals surface area contributed by atoms with Crippen molar-refractivity contribution in [1.82, 2.24) is 9.97 Å². The first-order chi connectivity index (χ1) is 8.70. The van der Waals surface area contributed by atoms with E-state index in [1.165, 1.54) is 0 Å². The van der Waals surface area contributed by atoms with Crippen molar-refractivity contribution in [2.24, 2.45) is 0 Å².